The summed E-state index contributed by atoms with van der Waals surface area (Å²) in [4.78, 5) is 0. The molecule has 0 aliphatic carbocycles. The van der Waals surface area contributed by atoms with Crippen LogP contribution in [0, 0.1) is 11.3 Å². The third-order valence-corrected chi connectivity index (χ3v) is 3.37. The van der Waals surface area contributed by atoms with Crippen molar-refractivity contribution in [3.8, 4) is 11.8 Å². The maximum absolute atomic E-state index is 9.74. The van der Waals surface area contributed by atoms with E-state index in [2.05, 4.69) is 22.0 Å². The minimum absolute atomic E-state index is 0.353. The first-order valence-electron chi connectivity index (χ1n) is 6.19. The number of nitriles is 1. The highest BCUT2D eigenvalue weighted by Crippen LogP contribution is 2.29. The van der Waals surface area contributed by atoms with Crippen molar-refractivity contribution < 1.29 is 9.84 Å². The van der Waals surface area contributed by atoms with Crippen molar-refractivity contribution in [1.82, 2.24) is 0 Å². The van der Waals surface area contributed by atoms with Crippen LogP contribution in [0.3, 0.4) is 0 Å². The summed E-state index contributed by atoms with van der Waals surface area (Å²) in [6.07, 6.45) is -0.594. The minimum atomic E-state index is -0.594. The summed E-state index contributed by atoms with van der Waals surface area (Å²) in [5.41, 5.74) is 2.27. The highest BCUT2D eigenvalue weighted by atomic mass is 79.9. The van der Waals surface area contributed by atoms with Crippen LogP contribution in [0.25, 0.3) is 0 Å². The number of hydrogen-bond donors (Lipinski definition) is 1. The SMILES string of the molecule is C[C@@H](O)c1ccc(Br)cc1OCc1cccc(C#N)c1. The quantitative estimate of drug-likeness (QED) is 0.922. The van der Waals surface area contributed by atoms with E-state index in [-0.39, 0.29) is 0 Å². The van der Waals surface area contributed by atoms with Gasteiger partial charge < -0.3 is 9.84 Å². The number of ether oxygens (including phenoxy) is 1. The zero-order valence-electron chi connectivity index (χ0n) is 11.0. The first kappa shape index (κ1) is 14.6. The second-order valence-electron chi connectivity index (χ2n) is 4.46. The van der Waals surface area contributed by atoms with Crippen LogP contribution < -0.4 is 4.74 Å². The molecule has 2 aromatic rings. The maximum atomic E-state index is 9.74. The zero-order chi connectivity index (χ0) is 14.5. The second-order valence-corrected chi connectivity index (χ2v) is 5.37. The van der Waals surface area contributed by atoms with Gasteiger partial charge in [0.15, 0.2) is 0 Å². The van der Waals surface area contributed by atoms with Gasteiger partial charge in [0.05, 0.1) is 17.7 Å². The third kappa shape index (κ3) is 3.60. The Hall–Kier alpha value is -1.83. The fourth-order valence-corrected chi connectivity index (χ4v) is 2.21. The smallest absolute Gasteiger partial charge is 0.126 e. The van der Waals surface area contributed by atoms with Crippen LogP contribution in [-0.4, -0.2) is 5.11 Å². The molecule has 0 unspecified atom stereocenters. The van der Waals surface area contributed by atoms with Gasteiger partial charge in [0.25, 0.3) is 0 Å². The Morgan fingerprint density at radius 2 is 2.10 bits per heavy atom. The van der Waals surface area contributed by atoms with E-state index in [0.29, 0.717) is 17.9 Å². The summed E-state index contributed by atoms with van der Waals surface area (Å²) in [6.45, 7) is 2.05. The molecule has 20 heavy (non-hydrogen) atoms. The molecule has 0 aliphatic heterocycles. The van der Waals surface area contributed by atoms with Gasteiger partial charge in [-0.05, 0) is 36.8 Å². The molecule has 102 valence electrons. The summed E-state index contributed by atoms with van der Waals surface area (Å²) in [7, 11) is 0. The predicted octanol–water partition coefficient (Wildman–Crippen LogP) is 3.95. The second kappa shape index (κ2) is 6.56. The lowest BCUT2D eigenvalue weighted by molar-refractivity contribution is 0.190. The van der Waals surface area contributed by atoms with E-state index in [0.717, 1.165) is 15.6 Å². The van der Waals surface area contributed by atoms with Crippen LogP contribution in [0.4, 0.5) is 0 Å². The van der Waals surface area contributed by atoms with Crippen molar-refractivity contribution in [3.63, 3.8) is 0 Å². The fourth-order valence-electron chi connectivity index (χ4n) is 1.87. The normalized spacial score (nSPS) is 11.7. The van der Waals surface area contributed by atoms with Crippen molar-refractivity contribution >= 4 is 15.9 Å². The highest BCUT2D eigenvalue weighted by Gasteiger charge is 2.10. The molecule has 2 aromatic carbocycles. The summed E-state index contributed by atoms with van der Waals surface area (Å²) >= 11 is 3.39. The molecule has 0 fully saturated rings. The first-order chi connectivity index (χ1) is 9.60. The van der Waals surface area contributed by atoms with Gasteiger partial charge in [0.2, 0.25) is 0 Å². The van der Waals surface area contributed by atoms with Crippen molar-refractivity contribution in [1.29, 1.82) is 5.26 Å². The minimum Gasteiger partial charge on any atom is -0.488 e. The lowest BCUT2D eigenvalue weighted by Crippen LogP contribution is -2.01. The van der Waals surface area contributed by atoms with Crippen molar-refractivity contribution in [2.45, 2.75) is 19.6 Å². The first-order valence-corrected chi connectivity index (χ1v) is 6.99. The lowest BCUT2D eigenvalue weighted by atomic mass is 10.1. The molecule has 1 N–H and O–H groups in total. The monoisotopic (exact) mass is 331 g/mol. The average molecular weight is 332 g/mol. The number of aliphatic hydroxyl groups excluding tert-OH is 1. The largest absolute Gasteiger partial charge is 0.488 e. The van der Waals surface area contributed by atoms with Gasteiger partial charge in [-0.25, -0.2) is 0 Å². The molecule has 0 bridgehead atoms. The van der Waals surface area contributed by atoms with E-state index in [1.54, 1.807) is 19.1 Å². The lowest BCUT2D eigenvalue weighted by Gasteiger charge is -2.14. The molecule has 1 atom stereocenters. The van der Waals surface area contributed by atoms with E-state index in [1.807, 2.05) is 30.3 Å². The molecule has 0 aliphatic rings. The molecule has 2 rings (SSSR count). The number of hydrogen-bond acceptors (Lipinski definition) is 3. The molecule has 3 nitrogen and oxygen atoms in total. The topological polar surface area (TPSA) is 53.2 Å². The zero-order valence-corrected chi connectivity index (χ0v) is 12.6. The Labute approximate surface area is 126 Å². The molecule has 0 heterocycles. The Kier molecular flexibility index (Phi) is 4.78. The fraction of sp³-hybridized carbons (Fsp3) is 0.188. The number of benzene rings is 2. The Bertz CT molecular complexity index is 647. The van der Waals surface area contributed by atoms with Gasteiger partial charge in [-0.2, -0.15) is 5.26 Å². The Morgan fingerprint density at radius 1 is 1.30 bits per heavy atom. The standard InChI is InChI=1S/C16H14BrNO2/c1-11(19)15-6-5-14(17)8-16(15)20-10-13-4-2-3-12(7-13)9-18/h2-8,11,19H,10H2,1H3/t11-/m1/s1. The molecular formula is C16H14BrNO2. The number of rotatable bonds is 4. The maximum Gasteiger partial charge on any atom is 0.126 e. The molecule has 0 spiro atoms. The van der Waals surface area contributed by atoms with Crippen molar-refractivity contribution in [3.05, 3.63) is 63.6 Å². The molecule has 4 heteroatoms. The van der Waals surface area contributed by atoms with Gasteiger partial charge in [-0.1, -0.05) is 34.1 Å². The summed E-state index contributed by atoms with van der Waals surface area (Å²) in [5, 5.41) is 18.6. The third-order valence-electron chi connectivity index (χ3n) is 2.88. The van der Waals surface area contributed by atoms with Gasteiger partial charge in [0, 0.05) is 10.0 Å². The Morgan fingerprint density at radius 3 is 2.80 bits per heavy atom. The molecule has 0 amide bonds. The van der Waals surface area contributed by atoms with Crippen LogP contribution in [0.1, 0.15) is 29.7 Å². The van der Waals surface area contributed by atoms with E-state index < -0.39 is 6.10 Å². The molecule has 0 saturated carbocycles. The van der Waals surface area contributed by atoms with Crippen LogP contribution >= 0.6 is 15.9 Å². The van der Waals surface area contributed by atoms with Crippen LogP contribution in [0.2, 0.25) is 0 Å². The van der Waals surface area contributed by atoms with Gasteiger partial charge in [-0.15, -0.1) is 0 Å². The van der Waals surface area contributed by atoms with Crippen LogP contribution in [0.15, 0.2) is 46.9 Å². The van der Waals surface area contributed by atoms with E-state index >= 15 is 0 Å². The number of aliphatic hydroxyl groups is 1. The van der Waals surface area contributed by atoms with Crippen LogP contribution in [-0.2, 0) is 6.61 Å². The van der Waals surface area contributed by atoms with Crippen molar-refractivity contribution in [2.24, 2.45) is 0 Å². The molecule has 0 saturated heterocycles. The number of halogens is 1. The van der Waals surface area contributed by atoms with Crippen LogP contribution in [0.5, 0.6) is 5.75 Å². The van der Waals surface area contributed by atoms with Gasteiger partial charge >= 0.3 is 0 Å². The molecule has 0 aromatic heterocycles. The van der Waals surface area contributed by atoms with Gasteiger partial charge in [0.1, 0.15) is 12.4 Å². The van der Waals surface area contributed by atoms with E-state index in [4.69, 9.17) is 10.00 Å². The predicted molar refractivity (Wildman–Crippen MR) is 80.3 cm³/mol. The van der Waals surface area contributed by atoms with E-state index in [1.165, 1.54) is 0 Å². The average Bonchev–Trinajstić information content (AvgIpc) is 2.45. The van der Waals surface area contributed by atoms with E-state index in [9.17, 15) is 5.11 Å². The summed E-state index contributed by atoms with van der Waals surface area (Å²) in [6, 6.07) is 14.9. The Balaban J connectivity index is 2.18. The van der Waals surface area contributed by atoms with Gasteiger partial charge in [-0.3, -0.25) is 0 Å². The highest BCUT2D eigenvalue weighted by molar-refractivity contribution is 9.10. The summed E-state index contributed by atoms with van der Waals surface area (Å²) < 4.78 is 6.66. The summed E-state index contributed by atoms with van der Waals surface area (Å²) in [5.74, 6) is 0.636. The number of nitrogens with zero attached hydrogens (tertiary/aromatic N) is 1. The molecule has 0 radical (unpaired) electrons. The molecular weight excluding hydrogens is 318 g/mol. The van der Waals surface area contributed by atoms with Crippen molar-refractivity contribution in [2.75, 3.05) is 0 Å².